The number of carbonyl (C=O) groups excluding carboxylic acids is 3. The molecule has 11 nitrogen and oxygen atoms in total. The molecule has 2 amide bonds. The van der Waals surface area contributed by atoms with Crippen LogP contribution >= 0.6 is 11.3 Å². The molecule has 34 heavy (non-hydrogen) atoms. The van der Waals surface area contributed by atoms with Crippen LogP contribution in [0.3, 0.4) is 0 Å². The first-order valence-corrected chi connectivity index (χ1v) is 11.3. The Bertz CT molecular complexity index is 1150. The lowest BCUT2D eigenvalue weighted by molar-refractivity contribution is -0.144. The van der Waals surface area contributed by atoms with E-state index in [0.29, 0.717) is 17.1 Å². The highest BCUT2D eigenvalue weighted by Gasteiger charge is 2.52. The number of amides is 2. The molecule has 0 spiro atoms. The predicted molar refractivity (Wildman–Crippen MR) is 116 cm³/mol. The first-order valence-electron chi connectivity index (χ1n) is 10.4. The number of halogens is 1. The van der Waals surface area contributed by atoms with Crippen molar-refractivity contribution in [2.75, 3.05) is 6.61 Å². The summed E-state index contributed by atoms with van der Waals surface area (Å²) in [5, 5.41) is 15.1. The van der Waals surface area contributed by atoms with Crippen LogP contribution in [0.2, 0.25) is 0 Å². The Labute approximate surface area is 197 Å². The van der Waals surface area contributed by atoms with E-state index < -0.39 is 36.0 Å². The second-order valence-electron chi connectivity index (χ2n) is 7.32. The highest BCUT2D eigenvalue weighted by molar-refractivity contribution is 7.07. The van der Waals surface area contributed by atoms with Gasteiger partial charge in [-0.3, -0.25) is 9.59 Å². The maximum atomic E-state index is 13.1. The molecule has 0 aliphatic carbocycles. The Balaban J connectivity index is 1.36. The molecule has 4 rings (SSSR count). The van der Waals surface area contributed by atoms with Gasteiger partial charge in [0.1, 0.15) is 17.6 Å². The van der Waals surface area contributed by atoms with Crippen molar-refractivity contribution in [1.29, 1.82) is 0 Å². The molecule has 0 radical (unpaired) electrons. The monoisotopic (exact) mass is 488 g/mol. The minimum Gasteiger partial charge on any atom is -0.464 e. The van der Waals surface area contributed by atoms with Crippen LogP contribution < -0.4 is 10.6 Å². The van der Waals surface area contributed by atoms with E-state index >= 15 is 0 Å². The van der Waals surface area contributed by atoms with Gasteiger partial charge in [-0.2, -0.15) is 0 Å². The molecule has 1 aromatic carbocycles. The molecule has 1 unspecified atom stereocenters. The zero-order valence-electron chi connectivity index (χ0n) is 18.0. The number of hydrogen-bond donors (Lipinski definition) is 2. The molecule has 2 aromatic heterocycles. The number of hydrogen-bond acceptors (Lipinski definition) is 9. The van der Waals surface area contributed by atoms with Crippen LogP contribution in [0.4, 0.5) is 4.39 Å². The second kappa shape index (κ2) is 10.5. The molecule has 2 N–H and O–H groups in total. The summed E-state index contributed by atoms with van der Waals surface area (Å²) in [4.78, 5) is 41.3. The van der Waals surface area contributed by atoms with Gasteiger partial charge in [-0.05, 0) is 31.2 Å². The Morgan fingerprint density at radius 3 is 2.74 bits per heavy atom. The summed E-state index contributed by atoms with van der Waals surface area (Å²) < 4.78 is 24.5. The number of epoxide rings is 1. The van der Waals surface area contributed by atoms with Gasteiger partial charge < -0.3 is 20.1 Å². The number of nitrogens with one attached hydrogen (secondary N) is 2. The number of esters is 1. The van der Waals surface area contributed by atoms with Crippen LogP contribution in [0.15, 0.2) is 41.4 Å². The smallest absolute Gasteiger partial charge is 0.338 e. The molecule has 1 aliphatic heterocycles. The van der Waals surface area contributed by atoms with Crippen LogP contribution in [-0.2, 0) is 36.8 Å². The highest BCUT2D eigenvalue weighted by atomic mass is 32.1. The van der Waals surface area contributed by atoms with Gasteiger partial charge in [0.25, 0.3) is 5.91 Å². The predicted octanol–water partition coefficient (Wildman–Crippen LogP) is 0.537. The third-order valence-corrected chi connectivity index (χ3v) is 5.51. The van der Waals surface area contributed by atoms with Crippen molar-refractivity contribution in [3.05, 3.63) is 58.6 Å². The van der Waals surface area contributed by atoms with Gasteiger partial charge in [0.2, 0.25) is 5.91 Å². The first-order chi connectivity index (χ1) is 16.4. The zero-order valence-corrected chi connectivity index (χ0v) is 18.8. The van der Waals surface area contributed by atoms with Gasteiger partial charge in [-0.1, -0.05) is 5.21 Å². The Kier molecular flexibility index (Phi) is 7.23. The van der Waals surface area contributed by atoms with Crippen LogP contribution in [0.25, 0.3) is 5.69 Å². The van der Waals surface area contributed by atoms with Gasteiger partial charge in [0.05, 0.1) is 36.2 Å². The fraction of sp³-hybridized carbons (Fsp3) is 0.333. The average molecular weight is 489 g/mol. The highest BCUT2D eigenvalue weighted by Crippen LogP contribution is 2.24. The van der Waals surface area contributed by atoms with Crippen molar-refractivity contribution < 1.29 is 28.2 Å². The molecule has 1 saturated heterocycles. The maximum Gasteiger partial charge on any atom is 0.338 e. The SMILES string of the molecule is CCOC(=O)[C@H]1O[C@@H]1C(=O)NC(Cc1cscn1)C(=O)NCc1cn(-c2ccc(F)cc2)nn1. The van der Waals surface area contributed by atoms with E-state index in [2.05, 4.69) is 25.9 Å². The van der Waals surface area contributed by atoms with E-state index in [0.717, 1.165) is 0 Å². The zero-order chi connectivity index (χ0) is 24.1. The molecule has 1 aliphatic rings. The molecule has 3 aromatic rings. The van der Waals surface area contributed by atoms with Crippen LogP contribution in [0, 0.1) is 5.82 Å². The summed E-state index contributed by atoms with van der Waals surface area (Å²) in [7, 11) is 0. The van der Waals surface area contributed by atoms with Gasteiger partial charge in [-0.25, -0.2) is 18.9 Å². The van der Waals surface area contributed by atoms with Crippen LogP contribution in [0.5, 0.6) is 0 Å². The lowest BCUT2D eigenvalue weighted by atomic mass is 10.1. The van der Waals surface area contributed by atoms with Crippen molar-refractivity contribution in [2.24, 2.45) is 0 Å². The second-order valence-corrected chi connectivity index (χ2v) is 8.04. The van der Waals surface area contributed by atoms with Crippen molar-refractivity contribution >= 4 is 29.1 Å². The number of ether oxygens (including phenoxy) is 2. The quantitative estimate of drug-likeness (QED) is 0.311. The fourth-order valence-corrected chi connectivity index (χ4v) is 3.70. The lowest BCUT2D eigenvalue weighted by Crippen LogP contribution is -2.49. The number of benzene rings is 1. The number of aromatic nitrogens is 4. The Morgan fingerprint density at radius 1 is 1.24 bits per heavy atom. The normalized spacial score (nSPS) is 17.6. The summed E-state index contributed by atoms with van der Waals surface area (Å²) >= 11 is 1.37. The van der Waals surface area contributed by atoms with E-state index in [9.17, 15) is 18.8 Å². The molecule has 3 atom stereocenters. The van der Waals surface area contributed by atoms with E-state index in [4.69, 9.17) is 9.47 Å². The van der Waals surface area contributed by atoms with E-state index in [1.807, 2.05) is 0 Å². The molecule has 0 bridgehead atoms. The maximum absolute atomic E-state index is 13.1. The van der Waals surface area contributed by atoms with Gasteiger partial charge >= 0.3 is 5.97 Å². The number of rotatable bonds is 10. The summed E-state index contributed by atoms with van der Waals surface area (Å²) in [5.41, 5.74) is 3.33. The standard InChI is InChI=1S/C21H21FN6O5S/c1-2-32-21(31)18-17(33-18)20(30)25-16(7-13-10-34-11-24-13)19(29)23-8-14-9-28(27-26-14)15-5-3-12(22)4-6-15/h3-6,9-11,16-18H,2,7-8H2,1H3,(H,23,29)(H,25,30)/t16?,17-,18-/m0/s1. The Hall–Kier alpha value is -3.71. The molecule has 13 heteroatoms. The van der Waals surface area contributed by atoms with Crippen molar-refractivity contribution in [2.45, 2.75) is 38.1 Å². The van der Waals surface area contributed by atoms with Crippen molar-refractivity contribution in [3.8, 4) is 5.69 Å². The topological polar surface area (TPSA) is 141 Å². The van der Waals surface area contributed by atoms with Crippen LogP contribution in [0.1, 0.15) is 18.3 Å². The Morgan fingerprint density at radius 2 is 2.03 bits per heavy atom. The summed E-state index contributed by atoms with van der Waals surface area (Å²) in [6, 6.07) is 4.76. The minimum atomic E-state index is -1.000. The van der Waals surface area contributed by atoms with Gasteiger partial charge in [-0.15, -0.1) is 16.4 Å². The van der Waals surface area contributed by atoms with Crippen molar-refractivity contribution in [1.82, 2.24) is 30.6 Å². The first kappa shape index (κ1) is 23.4. The molecule has 3 heterocycles. The molecule has 1 fully saturated rings. The van der Waals surface area contributed by atoms with Crippen LogP contribution in [-0.4, -0.2) is 62.6 Å². The average Bonchev–Trinajstić information content (AvgIpc) is 3.21. The number of thiazole rings is 1. The largest absolute Gasteiger partial charge is 0.464 e. The molecule has 0 saturated carbocycles. The summed E-state index contributed by atoms with van der Waals surface area (Å²) in [5.74, 6) is -2.04. The summed E-state index contributed by atoms with van der Waals surface area (Å²) in [6.45, 7) is 1.88. The van der Waals surface area contributed by atoms with Gasteiger partial charge in [0, 0.05) is 11.8 Å². The summed E-state index contributed by atoms with van der Waals surface area (Å²) in [6.07, 6.45) is -0.214. The molecular weight excluding hydrogens is 467 g/mol. The lowest BCUT2D eigenvalue weighted by Gasteiger charge is -2.17. The van der Waals surface area contributed by atoms with E-state index in [1.54, 1.807) is 36.1 Å². The molecular formula is C21H21FN6O5S. The molecule has 178 valence electrons. The third-order valence-electron chi connectivity index (χ3n) is 4.87. The fourth-order valence-electron chi connectivity index (χ4n) is 3.13. The van der Waals surface area contributed by atoms with E-state index in [-0.39, 0.29) is 25.4 Å². The van der Waals surface area contributed by atoms with E-state index in [1.165, 1.54) is 28.2 Å². The number of carbonyl (C=O) groups is 3. The van der Waals surface area contributed by atoms with Gasteiger partial charge in [0.15, 0.2) is 12.2 Å². The number of nitrogens with zero attached hydrogens (tertiary/aromatic N) is 4. The third kappa shape index (κ3) is 5.80. The van der Waals surface area contributed by atoms with Crippen molar-refractivity contribution in [3.63, 3.8) is 0 Å². The minimum absolute atomic E-state index is 0.0504.